The van der Waals surface area contributed by atoms with E-state index in [-0.39, 0.29) is 29.2 Å². The molecular formula is C27H31N7O2S2. The summed E-state index contributed by atoms with van der Waals surface area (Å²) in [5.41, 5.74) is 1.99. The number of amides is 2. The summed E-state index contributed by atoms with van der Waals surface area (Å²) in [4.78, 5) is 32.3. The Morgan fingerprint density at radius 2 is 2.11 bits per heavy atom. The van der Waals surface area contributed by atoms with Crippen molar-refractivity contribution in [2.24, 2.45) is 17.3 Å². The molecule has 2 unspecified atom stereocenters. The topological polar surface area (TPSA) is 114 Å². The lowest BCUT2D eigenvalue weighted by Gasteiger charge is -2.25. The zero-order valence-electron chi connectivity index (χ0n) is 21.3. The van der Waals surface area contributed by atoms with Crippen LogP contribution in [-0.2, 0) is 17.6 Å². The number of fused-ring (bicyclic) bond motifs is 1. The number of hydrogen-bond donors (Lipinski definition) is 3. The monoisotopic (exact) mass is 549 g/mol. The molecule has 0 aromatic carbocycles. The fourth-order valence-corrected chi connectivity index (χ4v) is 7.37. The predicted molar refractivity (Wildman–Crippen MR) is 148 cm³/mol. The minimum atomic E-state index is -0.0672. The Morgan fingerprint density at radius 3 is 2.87 bits per heavy atom. The molecule has 0 radical (unpaired) electrons. The molecular weight excluding hydrogens is 518 g/mol. The molecule has 3 heterocycles. The lowest BCUT2D eigenvalue weighted by molar-refractivity contribution is -0.117. The number of thiophene rings is 1. The summed E-state index contributed by atoms with van der Waals surface area (Å²) in [6, 6.07) is 5.95. The smallest absolute Gasteiger partial charge is 0.254 e. The third-order valence-electron chi connectivity index (χ3n) is 8.48. The van der Waals surface area contributed by atoms with Gasteiger partial charge in [0.25, 0.3) is 5.91 Å². The summed E-state index contributed by atoms with van der Waals surface area (Å²) < 4.78 is 2.05. The van der Waals surface area contributed by atoms with E-state index in [1.165, 1.54) is 17.7 Å². The molecule has 38 heavy (non-hydrogen) atoms. The molecule has 2 atom stereocenters. The molecule has 0 aliphatic heterocycles. The minimum Gasteiger partial charge on any atom is -0.352 e. The summed E-state index contributed by atoms with van der Waals surface area (Å²) >= 11 is 3.17. The number of thioether (sulfide) groups is 1. The Kier molecular flexibility index (Phi) is 5.95. The van der Waals surface area contributed by atoms with Gasteiger partial charge in [-0.15, -0.1) is 33.3 Å². The van der Waals surface area contributed by atoms with E-state index in [1.54, 1.807) is 29.4 Å². The number of anilines is 3. The quantitative estimate of drug-likeness (QED) is 0.328. The number of carbonyl (C=O) groups is 2. The van der Waals surface area contributed by atoms with Crippen LogP contribution in [0.4, 0.5) is 16.8 Å². The first-order valence-electron chi connectivity index (χ1n) is 13.4. The molecule has 7 rings (SSSR count). The lowest BCUT2D eigenvalue weighted by Crippen LogP contribution is -2.29. The third-order valence-corrected chi connectivity index (χ3v) is 10.3. The molecule has 11 heteroatoms. The van der Waals surface area contributed by atoms with E-state index in [4.69, 9.17) is 0 Å². The van der Waals surface area contributed by atoms with Crippen molar-refractivity contribution in [3.63, 3.8) is 0 Å². The van der Waals surface area contributed by atoms with Gasteiger partial charge < -0.3 is 16.0 Å². The summed E-state index contributed by atoms with van der Waals surface area (Å²) in [6.45, 7) is 0.702. The maximum absolute atomic E-state index is 13.5. The second kappa shape index (κ2) is 9.37. The van der Waals surface area contributed by atoms with Crippen LogP contribution in [-0.4, -0.2) is 44.4 Å². The molecule has 4 aliphatic carbocycles. The molecule has 198 valence electrons. The van der Waals surface area contributed by atoms with Crippen molar-refractivity contribution in [3.05, 3.63) is 40.5 Å². The van der Waals surface area contributed by atoms with Crippen molar-refractivity contribution in [1.82, 2.24) is 25.1 Å². The average Bonchev–Trinajstić information content (AvgIpc) is 3.89. The maximum atomic E-state index is 13.5. The fraction of sp³-hybridized carbons (Fsp3) is 0.519. The van der Waals surface area contributed by atoms with Crippen LogP contribution in [0.1, 0.15) is 65.4 Å². The van der Waals surface area contributed by atoms with Crippen molar-refractivity contribution in [2.45, 2.75) is 62.4 Å². The highest BCUT2D eigenvalue weighted by Gasteiger charge is 2.65. The number of hydrogen-bond acceptors (Lipinski definition) is 8. The van der Waals surface area contributed by atoms with Crippen molar-refractivity contribution in [2.75, 3.05) is 23.4 Å². The van der Waals surface area contributed by atoms with Crippen LogP contribution in [0.3, 0.4) is 0 Å². The number of pyridine rings is 1. The van der Waals surface area contributed by atoms with Crippen LogP contribution in [0, 0.1) is 17.3 Å². The molecule has 3 aromatic heterocycles. The summed E-state index contributed by atoms with van der Waals surface area (Å²) in [7, 11) is 0. The van der Waals surface area contributed by atoms with Crippen LogP contribution in [0.25, 0.3) is 0 Å². The van der Waals surface area contributed by atoms with Crippen molar-refractivity contribution >= 4 is 51.7 Å². The largest absolute Gasteiger partial charge is 0.352 e. The maximum Gasteiger partial charge on any atom is 0.254 e. The number of rotatable bonds is 9. The molecule has 2 amide bonds. The Labute approximate surface area is 229 Å². The van der Waals surface area contributed by atoms with Crippen LogP contribution in [0.15, 0.2) is 29.6 Å². The minimum absolute atomic E-state index is 0.0672. The number of nitrogens with one attached hydrogen (secondary N) is 3. The van der Waals surface area contributed by atoms with Gasteiger partial charge in [-0.2, -0.15) is 0 Å². The lowest BCUT2D eigenvalue weighted by atomic mass is 9.91. The van der Waals surface area contributed by atoms with Gasteiger partial charge in [0.15, 0.2) is 0 Å². The molecule has 9 nitrogen and oxygen atoms in total. The number of aromatic nitrogens is 4. The van der Waals surface area contributed by atoms with Gasteiger partial charge in [-0.1, -0.05) is 6.07 Å². The van der Waals surface area contributed by atoms with Crippen molar-refractivity contribution in [3.8, 4) is 0 Å². The molecule has 4 aliphatic rings. The molecule has 0 saturated heterocycles. The van der Waals surface area contributed by atoms with E-state index < -0.39 is 0 Å². The van der Waals surface area contributed by atoms with E-state index in [9.17, 15) is 9.59 Å². The Hall–Kier alpha value is -2.92. The highest BCUT2D eigenvalue weighted by Crippen LogP contribution is 2.70. The average molecular weight is 550 g/mol. The first-order valence-corrected chi connectivity index (χ1v) is 15.5. The molecule has 3 fully saturated rings. The first kappa shape index (κ1) is 24.1. The molecule has 3 saturated carbocycles. The summed E-state index contributed by atoms with van der Waals surface area (Å²) in [5.74, 6) is 2.07. The van der Waals surface area contributed by atoms with Gasteiger partial charge in [0, 0.05) is 23.4 Å². The number of carbonyl (C=O) groups excluding carboxylic acids is 2. The molecule has 3 N–H and O–H groups in total. The normalized spacial score (nSPS) is 22.6. The second-order valence-corrected chi connectivity index (χ2v) is 13.0. The standard InChI is InChI=1S/C27H31N7O2S2/c1-37-21-4-2-3-20(30-21)31-26-33-29-14-34(26)16-7-8-19-17(11-16)22(24(36)28-13-15-5-6-15)25(38-19)32-23(35)18-12-27(18)9-10-27/h2-4,14-16,18H,5-13H2,1H3,(H,28,36)(H,32,35)(H,30,31,33). The first-order chi connectivity index (χ1) is 18.5. The van der Waals surface area contributed by atoms with Gasteiger partial charge in [0.1, 0.15) is 17.1 Å². The van der Waals surface area contributed by atoms with Crippen LogP contribution >= 0.6 is 23.1 Å². The van der Waals surface area contributed by atoms with E-state index in [1.807, 2.05) is 24.5 Å². The van der Waals surface area contributed by atoms with Gasteiger partial charge >= 0.3 is 0 Å². The zero-order valence-corrected chi connectivity index (χ0v) is 23.0. The van der Waals surface area contributed by atoms with E-state index in [2.05, 4.69) is 35.7 Å². The fourth-order valence-electron chi connectivity index (χ4n) is 5.72. The zero-order chi connectivity index (χ0) is 25.9. The number of aryl methyl sites for hydroxylation is 1. The van der Waals surface area contributed by atoms with Gasteiger partial charge in [-0.25, -0.2) is 4.98 Å². The van der Waals surface area contributed by atoms with Crippen molar-refractivity contribution in [1.29, 1.82) is 0 Å². The molecule has 3 aromatic rings. The van der Waals surface area contributed by atoms with Crippen molar-refractivity contribution < 1.29 is 9.59 Å². The summed E-state index contributed by atoms with van der Waals surface area (Å²) in [5, 5.41) is 19.8. The van der Waals surface area contributed by atoms with Gasteiger partial charge in [-0.05, 0) is 86.7 Å². The second-order valence-electron chi connectivity index (χ2n) is 11.1. The molecule has 1 spiro atoms. The highest BCUT2D eigenvalue weighted by atomic mass is 32.2. The Bertz CT molecular complexity index is 1410. The Balaban J connectivity index is 1.14. The van der Waals surface area contributed by atoms with E-state index >= 15 is 0 Å². The Morgan fingerprint density at radius 1 is 1.24 bits per heavy atom. The highest BCUT2D eigenvalue weighted by molar-refractivity contribution is 7.98. The van der Waals surface area contributed by atoms with E-state index in [0.29, 0.717) is 30.4 Å². The molecule has 0 bridgehead atoms. The van der Waals surface area contributed by atoms with E-state index in [0.717, 1.165) is 53.5 Å². The van der Waals surface area contributed by atoms with Gasteiger partial charge in [-0.3, -0.25) is 14.2 Å². The third kappa shape index (κ3) is 4.59. The summed E-state index contributed by atoms with van der Waals surface area (Å²) in [6.07, 6.45) is 11.9. The van der Waals surface area contributed by atoms with Gasteiger partial charge in [0.05, 0.1) is 10.6 Å². The van der Waals surface area contributed by atoms with Gasteiger partial charge in [0.2, 0.25) is 11.9 Å². The number of nitrogens with zero attached hydrogens (tertiary/aromatic N) is 4. The van der Waals surface area contributed by atoms with Crippen LogP contribution < -0.4 is 16.0 Å². The van der Waals surface area contributed by atoms with Crippen LogP contribution in [0.5, 0.6) is 0 Å². The van der Waals surface area contributed by atoms with Crippen LogP contribution in [0.2, 0.25) is 0 Å². The SMILES string of the molecule is CSc1cccc(Nc2nncn2C2CCc3sc(NC(=O)C4CC45CC5)c(C(=O)NCC4CC4)c3C2)n1. The predicted octanol–water partition coefficient (Wildman–Crippen LogP) is 4.81.